The summed E-state index contributed by atoms with van der Waals surface area (Å²) in [5, 5.41) is 1.97. The first kappa shape index (κ1) is 13.7. The van der Waals surface area contributed by atoms with Gasteiger partial charge in [0, 0.05) is 0 Å². The lowest BCUT2D eigenvalue weighted by molar-refractivity contribution is -0.134. The summed E-state index contributed by atoms with van der Waals surface area (Å²) >= 11 is 0. The molecule has 0 aromatic heterocycles. The Balaban J connectivity index is 3.77. The second-order valence-corrected chi connectivity index (χ2v) is 5.01. The van der Waals surface area contributed by atoms with Crippen molar-refractivity contribution in [2.75, 3.05) is 12.8 Å². The van der Waals surface area contributed by atoms with Crippen LogP contribution >= 0.6 is 15.4 Å². The van der Waals surface area contributed by atoms with Gasteiger partial charge in [0.2, 0.25) is 0 Å². The Labute approximate surface area is 78.5 Å². The molecular weight excluding hydrogens is 240 g/mol. The second kappa shape index (κ2) is 4.99. The minimum atomic E-state index is -4.89. The van der Waals surface area contributed by atoms with Crippen LogP contribution in [-0.4, -0.2) is 38.4 Å². The van der Waals surface area contributed by atoms with Gasteiger partial charge in [-0.05, 0) is 0 Å². The van der Waals surface area contributed by atoms with E-state index < -0.39 is 34.2 Å². The van der Waals surface area contributed by atoms with Crippen LogP contribution < -0.4 is 5.32 Å². The SMILES string of the molecule is O=C(CNCP(=O)(O)O)OP(=O)(O)O. The van der Waals surface area contributed by atoms with Crippen LogP contribution in [0.25, 0.3) is 0 Å². The Hall–Kier alpha value is -0.270. The van der Waals surface area contributed by atoms with Crippen molar-refractivity contribution in [1.29, 1.82) is 0 Å². The van der Waals surface area contributed by atoms with Gasteiger partial charge in [-0.25, -0.2) is 4.57 Å². The molecule has 0 atom stereocenters. The van der Waals surface area contributed by atoms with Crippen LogP contribution in [0.1, 0.15) is 0 Å². The first-order chi connectivity index (χ1) is 6.10. The van der Waals surface area contributed by atoms with E-state index in [0.29, 0.717) is 0 Å². The molecule has 14 heavy (non-hydrogen) atoms. The van der Waals surface area contributed by atoms with E-state index in [2.05, 4.69) is 4.52 Å². The largest absolute Gasteiger partial charge is 0.527 e. The highest BCUT2D eigenvalue weighted by molar-refractivity contribution is 7.51. The van der Waals surface area contributed by atoms with Gasteiger partial charge in [0.25, 0.3) is 0 Å². The maximum atomic E-state index is 10.5. The van der Waals surface area contributed by atoms with Gasteiger partial charge in [0.1, 0.15) is 0 Å². The molecule has 0 rings (SSSR count). The maximum absolute atomic E-state index is 10.5. The van der Waals surface area contributed by atoms with Crippen molar-refractivity contribution in [2.24, 2.45) is 0 Å². The Morgan fingerprint density at radius 2 is 1.71 bits per heavy atom. The Bertz CT molecular complexity index is 289. The smallest absolute Gasteiger partial charge is 0.370 e. The third-order valence-corrected chi connectivity index (χ3v) is 1.88. The predicted octanol–water partition coefficient (Wildman–Crippen LogP) is -1.65. The molecule has 0 fully saturated rings. The molecule has 0 amide bonds. The zero-order valence-electron chi connectivity index (χ0n) is 6.73. The van der Waals surface area contributed by atoms with E-state index in [1.807, 2.05) is 5.32 Å². The quantitative estimate of drug-likeness (QED) is 0.360. The zero-order valence-corrected chi connectivity index (χ0v) is 8.52. The maximum Gasteiger partial charge on any atom is 0.527 e. The van der Waals surface area contributed by atoms with Crippen molar-refractivity contribution in [3.8, 4) is 0 Å². The number of phosphoric acid groups is 1. The summed E-state index contributed by atoms with van der Waals surface area (Å²) in [6.07, 6.45) is -0.775. The Kier molecular flexibility index (Phi) is 4.90. The van der Waals surface area contributed by atoms with Crippen molar-refractivity contribution in [3.63, 3.8) is 0 Å². The molecular formula is C3H9NO8P2. The number of hydrogen-bond donors (Lipinski definition) is 5. The van der Waals surface area contributed by atoms with E-state index >= 15 is 0 Å². The summed E-state index contributed by atoms with van der Waals surface area (Å²) in [6, 6.07) is 0. The van der Waals surface area contributed by atoms with Crippen molar-refractivity contribution < 1.29 is 38.0 Å². The van der Waals surface area contributed by atoms with Crippen LogP contribution in [-0.2, 0) is 18.4 Å². The summed E-state index contributed by atoms with van der Waals surface area (Å²) in [7, 11) is -9.17. The minimum Gasteiger partial charge on any atom is -0.370 e. The number of rotatable bonds is 5. The monoisotopic (exact) mass is 249 g/mol. The van der Waals surface area contributed by atoms with Gasteiger partial charge in [0.05, 0.1) is 12.8 Å². The molecule has 0 aromatic rings. The van der Waals surface area contributed by atoms with E-state index in [0.717, 1.165) is 0 Å². The lowest BCUT2D eigenvalue weighted by atomic mass is 10.7. The van der Waals surface area contributed by atoms with Crippen molar-refractivity contribution in [1.82, 2.24) is 5.32 Å². The molecule has 0 bridgehead atoms. The number of nitrogens with one attached hydrogen (secondary N) is 1. The highest BCUT2D eigenvalue weighted by Gasteiger charge is 2.20. The lowest BCUT2D eigenvalue weighted by Crippen LogP contribution is -2.24. The Morgan fingerprint density at radius 3 is 2.07 bits per heavy atom. The highest BCUT2D eigenvalue weighted by atomic mass is 31.2. The number of hydrogen-bond acceptors (Lipinski definition) is 5. The number of phosphoric ester groups is 1. The summed E-state index contributed by atoms with van der Waals surface area (Å²) in [6.45, 7) is -0.698. The standard InChI is InChI=1S/C3H9NO8P2/c5-3(12-14(9,10)11)1-4-2-13(6,7)8/h4H,1-2H2,(H2,6,7,8)(H2,9,10,11). The lowest BCUT2D eigenvalue weighted by Gasteiger charge is -2.06. The van der Waals surface area contributed by atoms with Crippen LogP contribution in [0.2, 0.25) is 0 Å². The van der Waals surface area contributed by atoms with Gasteiger partial charge in [-0.1, -0.05) is 0 Å². The molecule has 0 aromatic carbocycles. The van der Waals surface area contributed by atoms with Gasteiger partial charge in [-0.2, -0.15) is 0 Å². The van der Waals surface area contributed by atoms with Crippen LogP contribution in [0.4, 0.5) is 0 Å². The Morgan fingerprint density at radius 1 is 1.21 bits per heavy atom. The minimum absolute atomic E-state index is 0.698. The molecule has 0 heterocycles. The third kappa shape index (κ3) is 9.82. The summed E-state index contributed by atoms with van der Waals surface area (Å²) in [5.74, 6) is -1.30. The molecule has 0 radical (unpaired) electrons. The van der Waals surface area contributed by atoms with Gasteiger partial charge >= 0.3 is 21.4 Å². The highest BCUT2D eigenvalue weighted by Crippen LogP contribution is 2.36. The summed E-state index contributed by atoms with van der Waals surface area (Å²) in [5.41, 5.74) is 0. The third-order valence-electron chi connectivity index (χ3n) is 0.808. The van der Waals surface area contributed by atoms with E-state index in [1.165, 1.54) is 0 Å². The van der Waals surface area contributed by atoms with Crippen molar-refractivity contribution in [3.05, 3.63) is 0 Å². The average Bonchev–Trinajstić information content (AvgIpc) is 1.78. The molecule has 9 nitrogen and oxygen atoms in total. The summed E-state index contributed by atoms with van der Waals surface area (Å²) in [4.78, 5) is 43.4. The van der Waals surface area contributed by atoms with Gasteiger partial charge < -0.3 is 14.3 Å². The zero-order chi connectivity index (χ0) is 11.4. The normalized spacial score (nSPS) is 12.6. The molecule has 0 spiro atoms. The van der Waals surface area contributed by atoms with Crippen molar-refractivity contribution >= 4 is 21.4 Å². The fraction of sp³-hybridized carbons (Fsp3) is 0.667. The second-order valence-electron chi connectivity index (χ2n) is 2.20. The fourth-order valence-electron chi connectivity index (χ4n) is 0.469. The number of carbonyl (C=O) groups excluding carboxylic acids is 1. The average molecular weight is 249 g/mol. The molecule has 5 N–H and O–H groups in total. The molecule has 84 valence electrons. The molecule has 0 aliphatic rings. The number of carbonyl (C=O) groups is 1. The predicted molar refractivity (Wildman–Crippen MR) is 43.0 cm³/mol. The van der Waals surface area contributed by atoms with Crippen LogP contribution in [0.3, 0.4) is 0 Å². The van der Waals surface area contributed by atoms with Crippen molar-refractivity contribution in [2.45, 2.75) is 0 Å². The van der Waals surface area contributed by atoms with Gasteiger partial charge in [-0.15, -0.1) is 0 Å². The molecule has 11 heteroatoms. The fourth-order valence-corrected chi connectivity index (χ4v) is 1.20. The first-order valence-electron chi connectivity index (χ1n) is 3.13. The molecule has 0 aliphatic heterocycles. The van der Waals surface area contributed by atoms with E-state index in [1.54, 1.807) is 0 Å². The first-order valence-corrected chi connectivity index (χ1v) is 6.46. The van der Waals surface area contributed by atoms with Crippen LogP contribution in [0.5, 0.6) is 0 Å². The van der Waals surface area contributed by atoms with Gasteiger partial charge in [-0.3, -0.25) is 24.5 Å². The molecule has 0 saturated heterocycles. The van der Waals surface area contributed by atoms with Gasteiger partial charge in [0.15, 0.2) is 0 Å². The van der Waals surface area contributed by atoms with Crippen LogP contribution in [0, 0.1) is 0 Å². The van der Waals surface area contributed by atoms with E-state index in [9.17, 15) is 13.9 Å². The topological polar surface area (TPSA) is 153 Å². The van der Waals surface area contributed by atoms with Crippen LogP contribution in [0.15, 0.2) is 0 Å². The van der Waals surface area contributed by atoms with E-state index in [4.69, 9.17) is 19.6 Å². The molecule has 0 aliphatic carbocycles. The molecule has 0 saturated carbocycles. The van der Waals surface area contributed by atoms with E-state index in [-0.39, 0.29) is 0 Å². The summed E-state index contributed by atoms with van der Waals surface area (Å²) < 4.78 is 23.9. The molecule has 0 unspecified atom stereocenters.